The zero-order chi connectivity index (χ0) is 15.6. The summed E-state index contributed by atoms with van der Waals surface area (Å²) in [6.07, 6.45) is 0.792. The van der Waals surface area contributed by atoms with Gasteiger partial charge in [0.25, 0.3) is 0 Å². The Labute approximate surface area is 126 Å². The fourth-order valence-corrected chi connectivity index (χ4v) is 2.49. The highest BCUT2D eigenvalue weighted by Gasteiger charge is 2.33. The van der Waals surface area contributed by atoms with Gasteiger partial charge in [-0.15, -0.1) is 0 Å². The van der Waals surface area contributed by atoms with Crippen molar-refractivity contribution >= 4 is 17.3 Å². The van der Waals surface area contributed by atoms with Crippen molar-refractivity contribution in [3.05, 3.63) is 18.2 Å². The molecule has 5 heteroatoms. The van der Waals surface area contributed by atoms with Crippen molar-refractivity contribution in [3.8, 4) is 5.75 Å². The Bertz CT molecular complexity index is 516. The summed E-state index contributed by atoms with van der Waals surface area (Å²) in [4.78, 5) is 14.2. The van der Waals surface area contributed by atoms with Gasteiger partial charge in [0.1, 0.15) is 23.6 Å². The van der Waals surface area contributed by atoms with Crippen LogP contribution < -0.4 is 15.4 Å². The Morgan fingerprint density at radius 3 is 2.81 bits per heavy atom. The monoisotopic (exact) mass is 292 g/mol. The van der Waals surface area contributed by atoms with Crippen LogP contribution in [0.3, 0.4) is 0 Å². The van der Waals surface area contributed by atoms with Crippen LogP contribution in [0.5, 0.6) is 5.75 Å². The summed E-state index contributed by atoms with van der Waals surface area (Å²) in [5, 5.41) is 0. The first-order chi connectivity index (χ1) is 9.93. The number of hydrogen-bond acceptors (Lipinski definition) is 5. The number of fused-ring (bicyclic) bond motifs is 1. The van der Waals surface area contributed by atoms with E-state index in [0.29, 0.717) is 12.2 Å². The number of para-hydroxylation sites is 1. The molecule has 5 nitrogen and oxygen atoms in total. The molecule has 21 heavy (non-hydrogen) atoms. The number of nitrogen functional groups attached to an aromatic ring is 1. The minimum Gasteiger partial charge on any atom is -0.486 e. The highest BCUT2D eigenvalue weighted by molar-refractivity contribution is 5.85. The van der Waals surface area contributed by atoms with E-state index in [9.17, 15) is 4.79 Å². The zero-order valence-electron chi connectivity index (χ0n) is 13.1. The Balaban J connectivity index is 2.32. The first-order valence-corrected chi connectivity index (χ1v) is 7.46. The number of rotatable bonds is 4. The van der Waals surface area contributed by atoms with Crippen molar-refractivity contribution in [1.29, 1.82) is 0 Å². The van der Waals surface area contributed by atoms with Crippen LogP contribution in [-0.4, -0.2) is 30.8 Å². The van der Waals surface area contributed by atoms with Gasteiger partial charge in [-0.05, 0) is 39.3 Å². The van der Waals surface area contributed by atoms with Gasteiger partial charge in [0.2, 0.25) is 0 Å². The molecule has 0 amide bonds. The van der Waals surface area contributed by atoms with Crippen LogP contribution in [0.1, 0.15) is 34.1 Å². The maximum atomic E-state index is 12.2. The predicted molar refractivity (Wildman–Crippen MR) is 83.6 cm³/mol. The van der Waals surface area contributed by atoms with Crippen LogP contribution in [0, 0.1) is 0 Å². The van der Waals surface area contributed by atoms with E-state index in [1.807, 2.05) is 43.9 Å². The molecule has 0 saturated heterocycles. The number of carbonyl (C=O) groups excluding carboxylic acids is 1. The lowest BCUT2D eigenvalue weighted by atomic mass is 10.1. The minimum absolute atomic E-state index is 0.0496. The molecule has 1 aromatic carbocycles. The van der Waals surface area contributed by atoms with E-state index in [-0.39, 0.29) is 18.2 Å². The van der Waals surface area contributed by atoms with Crippen LogP contribution in [0.15, 0.2) is 18.2 Å². The lowest BCUT2D eigenvalue weighted by Crippen LogP contribution is -2.48. The summed E-state index contributed by atoms with van der Waals surface area (Å²) in [7, 11) is 0. The first-order valence-electron chi connectivity index (χ1n) is 7.46. The third-order valence-corrected chi connectivity index (χ3v) is 3.63. The lowest BCUT2D eigenvalue weighted by molar-refractivity contribution is -0.148. The third kappa shape index (κ3) is 3.23. The molecule has 2 N–H and O–H groups in total. The van der Waals surface area contributed by atoms with Crippen LogP contribution >= 0.6 is 0 Å². The fraction of sp³-hybridized carbons (Fsp3) is 0.562. The van der Waals surface area contributed by atoms with E-state index < -0.39 is 6.04 Å². The molecule has 0 saturated carbocycles. The van der Waals surface area contributed by atoms with Gasteiger partial charge in [-0.25, -0.2) is 4.79 Å². The molecule has 0 aliphatic carbocycles. The van der Waals surface area contributed by atoms with Crippen LogP contribution in [0.25, 0.3) is 0 Å². The van der Waals surface area contributed by atoms with Crippen LogP contribution in [-0.2, 0) is 9.53 Å². The van der Waals surface area contributed by atoms with Crippen molar-refractivity contribution in [2.45, 2.75) is 52.4 Å². The zero-order valence-corrected chi connectivity index (χ0v) is 13.1. The van der Waals surface area contributed by atoms with E-state index >= 15 is 0 Å². The summed E-state index contributed by atoms with van der Waals surface area (Å²) < 4.78 is 11.3. The highest BCUT2D eigenvalue weighted by Crippen LogP contribution is 2.39. The van der Waals surface area contributed by atoms with Gasteiger partial charge in [0.05, 0.1) is 18.3 Å². The molecule has 2 atom stereocenters. The van der Waals surface area contributed by atoms with E-state index in [0.717, 1.165) is 17.9 Å². The van der Waals surface area contributed by atoms with E-state index in [1.165, 1.54) is 0 Å². The van der Waals surface area contributed by atoms with Gasteiger partial charge in [-0.3, -0.25) is 0 Å². The molecule has 0 aromatic heterocycles. The highest BCUT2D eigenvalue weighted by atomic mass is 16.5. The second-order valence-corrected chi connectivity index (χ2v) is 5.66. The number of nitrogens with zero attached hydrogens (tertiary/aromatic N) is 1. The van der Waals surface area contributed by atoms with Crippen molar-refractivity contribution < 1.29 is 14.3 Å². The molecular formula is C16H24N2O3. The number of hydrogen-bond donors (Lipinski definition) is 1. The minimum atomic E-state index is -0.395. The number of ether oxygens (including phenoxy) is 2. The Morgan fingerprint density at radius 1 is 1.48 bits per heavy atom. The first kappa shape index (κ1) is 15.5. The van der Waals surface area contributed by atoms with Crippen molar-refractivity contribution in [1.82, 2.24) is 0 Å². The molecular weight excluding hydrogens is 268 g/mol. The van der Waals surface area contributed by atoms with Crippen LogP contribution in [0.2, 0.25) is 0 Å². The Hall–Kier alpha value is -1.91. The number of anilines is 2. The molecule has 1 heterocycles. The van der Waals surface area contributed by atoms with Gasteiger partial charge in [-0.2, -0.15) is 0 Å². The molecule has 1 aliphatic heterocycles. The third-order valence-electron chi connectivity index (χ3n) is 3.63. The van der Waals surface area contributed by atoms with E-state index in [2.05, 4.69) is 6.92 Å². The summed E-state index contributed by atoms with van der Waals surface area (Å²) in [5.41, 5.74) is 7.49. The molecule has 1 aromatic rings. The normalized spacial score (nSPS) is 18.9. The lowest BCUT2D eigenvalue weighted by Gasteiger charge is -2.39. The molecule has 0 spiro atoms. The van der Waals surface area contributed by atoms with Crippen LogP contribution in [0.4, 0.5) is 11.4 Å². The molecule has 1 aliphatic rings. The molecule has 2 rings (SSSR count). The second kappa shape index (κ2) is 6.24. The van der Waals surface area contributed by atoms with Gasteiger partial charge >= 0.3 is 5.97 Å². The van der Waals surface area contributed by atoms with Crippen molar-refractivity contribution in [2.75, 3.05) is 17.2 Å². The molecule has 0 fully saturated rings. The number of esters is 1. The largest absolute Gasteiger partial charge is 0.486 e. The summed E-state index contributed by atoms with van der Waals surface area (Å²) in [6, 6.07) is 5.18. The predicted octanol–water partition coefficient (Wildman–Crippen LogP) is 2.59. The maximum Gasteiger partial charge on any atom is 0.328 e. The maximum absolute atomic E-state index is 12.2. The topological polar surface area (TPSA) is 64.8 Å². The number of carbonyl (C=O) groups is 1. The number of nitrogens with two attached hydrogens (primary N) is 1. The Kier molecular flexibility index (Phi) is 4.60. The van der Waals surface area contributed by atoms with Crippen molar-refractivity contribution in [2.24, 2.45) is 0 Å². The fourth-order valence-electron chi connectivity index (χ4n) is 2.49. The Morgan fingerprint density at radius 2 is 2.19 bits per heavy atom. The van der Waals surface area contributed by atoms with Gasteiger partial charge in [-0.1, -0.05) is 13.0 Å². The van der Waals surface area contributed by atoms with Gasteiger partial charge in [0.15, 0.2) is 0 Å². The standard InChI is InChI=1S/C16H24N2O3/c1-5-12-9-18(11(4)16(19)20-10(2)3)15-13(17)7-6-8-14(15)21-12/h6-8,10-12H,5,9,17H2,1-4H3. The SMILES string of the molecule is CCC1CN(C(C)C(=O)OC(C)C)c2c(N)cccc2O1. The van der Waals surface area contributed by atoms with E-state index in [1.54, 1.807) is 0 Å². The van der Waals surface area contributed by atoms with Gasteiger partial charge < -0.3 is 20.1 Å². The van der Waals surface area contributed by atoms with Gasteiger partial charge in [0, 0.05) is 0 Å². The summed E-state index contributed by atoms with van der Waals surface area (Å²) >= 11 is 0. The quantitative estimate of drug-likeness (QED) is 0.682. The molecule has 116 valence electrons. The smallest absolute Gasteiger partial charge is 0.328 e. The summed E-state index contributed by atoms with van der Waals surface area (Å²) in [6.45, 7) is 8.24. The number of benzene rings is 1. The summed E-state index contributed by atoms with van der Waals surface area (Å²) in [5.74, 6) is 0.494. The molecule has 0 radical (unpaired) electrons. The van der Waals surface area contributed by atoms with E-state index in [4.69, 9.17) is 15.2 Å². The average Bonchev–Trinajstić information content (AvgIpc) is 2.44. The van der Waals surface area contributed by atoms with Crippen molar-refractivity contribution in [3.63, 3.8) is 0 Å². The average molecular weight is 292 g/mol. The second-order valence-electron chi connectivity index (χ2n) is 5.66. The molecule has 0 bridgehead atoms. The molecule has 2 unspecified atom stereocenters.